The van der Waals surface area contributed by atoms with E-state index < -0.39 is 0 Å². The summed E-state index contributed by atoms with van der Waals surface area (Å²) in [5, 5.41) is 11.0. The van der Waals surface area contributed by atoms with Crippen molar-refractivity contribution in [2.75, 3.05) is 0 Å². The largest absolute Gasteiger partial charge is 0.383 e. The summed E-state index contributed by atoms with van der Waals surface area (Å²) in [7, 11) is 0. The molecule has 0 saturated carbocycles. The Morgan fingerprint density at radius 2 is 1.94 bits per heavy atom. The van der Waals surface area contributed by atoms with Gasteiger partial charge < -0.3 is 10.3 Å². The van der Waals surface area contributed by atoms with Gasteiger partial charge in [-0.2, -0.15) is 5.10 Å². The second-order valence-electron chi connectivity index (χ2n) is 8.40. The summed E-state index contributed by atoms with van der Waals surface area (Å²) in [5.74, 6) is 0.664. The van der Waals surface area contributed by atoms with Gasteiger partial charge in [-0.15, -0.1) is 11.3 Å². The molecule has 35 heavy (non-hydrogen) atoms. The van der Waals surface area contributed by atoms with Crippen molar-refractivity contribution >= 4 is 50.6 Å². The Morgan fingerprint density at radius 3 is 2.66 bits per heavy atom. The Morgan fingerprint density at radius 1 is 1.09 bits per heavy atom. The highest BCUT2D eigenvalue weighted by atomic mass is 35.5. The van der Waals surface area contributed by atoms with Crippen LogP contribution in [0, 0.1) is 0 Å². The normalized spacial score (nSPS) is 12.7. The molecule has 4 aromatic heterocycles. The zero-order valence-electron chi connectivity index (χ0n) is 19.7. The molecule has 0 bridgehead atoms. The molecule has 0 aliphatic heterocycles. The maximum Gasteiger partial charge on any atom is 0.161 e. The fourth-order valence-electron chi connectivity index (χ4n) is 3.99. The van der Waals surface area contributed by atoms with Crippen LogP contribution >= 0.6 is 22.9 Å². The number of halogens is 1. The maximum absolute atomic E-state index is 6.18. The Labute approximate surface area is 212 Å². The number of nitrogens with zero attached hydrogens (tertiary/aromatic N) is 3. The maximum atomic E-state index is 6.18. The monoisotopic (exact) mass is 500 g/mol. The van der Waals surface area contributed by atoms with Crippen molar-refractivity contribution in [3.8, 4) is 22.0 Å². The number of thiophene rings is 1. The van der Waals surface area contributed by atoms with Crippen LogP contribution in [-0.2, 0) is 0 Å². The van der Waals surface area contributed by atoms with Gasteiger partial charge in [0.15, 0.2) is 11.5 Å². The third-order valence-corrected chi connectivity index (χ3v) is 6.84. The standard InChI is InChI=1S/C27H25ClN6S/c1-5-16(14-17(6-2)29-15(3)4)19-10-11-21-25(30-19)26(34-33-21)27-31-20-9-7-8-18(24(20)32-27)22-12-13-23(28)35-22/h5-15,29H,2H2,1,3-4H3,(H,31,32)(H,33,34)/b16-5+,17-14+. The van der Waals surface area contributed by atoms with Gasteiger partial charge in [0.1, 0.15) is 5.52 Å². The van der Waals surface area contributed by atoms with E-state index in [9.17, 15) is 0 Å². The molecule has 5 aromatic rings. The predicted octanol–water partition coefficient (Wildman–Crippen LogP) is 7.35. The number of nitrogens with one attached hydrogen (secondary N) is 3. The van der Waals surface area contributed by atoms with Crippen LogP contribution in [0.25, 0.3) is 49.6 Å². The van der Waals surface area contributed by atoms with E-state index in [2.05, 4.69) is 53.1 Å². The first-order valence-electron chi connectivity index (χ1n) is 11.3. The summed E-state index contributed by atoms with van der Waals surface area (Å²) in [6, 6.07) is 14.3. The lowest BCUT2D eigenvalue weighted by atomic mass is 10.1. The van der Waals surface area contributed by atoms with Crippen LogP contribution in [0.3, 0.4) is 0 Å². The molecule has 3 N–H and O–H groups in total. The number of imidazole rings is 1. The number of benzene rings is 1. The Hall–Kier alpha value is -3.68. The molecule has 0 amide bonds. The molecule has 6 nitrogen and oxygen atoms in total. The zero-order valence-corrected chi connectivity index (χ0v) is 21.3. The van der Waals surface area contributed by atoms with Crippen molar-refractivity contribution in [3.05, 3.63) is 83.0 Å². The molecule has 0 aliphatic rings. The lowest BCUT2D eigenvalue weighted by Crippen LogP contribution is -2.20. The van der Waals surface area contributed by atoms with Gasteiger partial charge in [-0.1, -0.05) is 36.4 Å². The van der Waals surface area contributed by atoms with Gasteiger partial charge >= 0.3 is 0 Å². The Kier molecular flexibility index (Phi) is 6.28. The average molecular weight is 501 g/mol. The Bertz CT molecular complexity index is 1600. The molecule has 8 heteroatoms. The SMILES string of the molecule is C=C/C(=C\C(=C/C)c1ccc2[nH]nc(-c3nc4c(-c5ccc(Cl)s5)cccc4[nH]3)c2n1)NC(C)C. The first-order chi connectivity index (χ1) is 17.0. The summed E-state index contributed by atoms with van der Waals surface area (Å²) in [6.45, 7) is 10.1. The van der Waals surface area contributed by atoms with Crippen molar-refractivity contribution in [2.45, 2.75) is 26.8 Å². The van der Waals surface area contributed by atoms with E-state index in [1.165, 1.54) is 11.3 Å². The first kappa shape index (κ1) is 23.1. The molecule has 0 saturated heterocycles. The van der Waals surface area contributed by atoms with E-state index in [0.717, 1.165) is 53.8 Å². The smallest absolute Gasteiger partial charge is 0.161 e. The van der Waals surface area contributed by atoms with Crippen molar-refractivity contribution in [2.24, 2.45) is 0 Å². The summed E-state index contributed by atoms with van der Waals surface area (Å²) < 4.78 is 0.750. The number of hydrogen-bond donors (Lipinski definition) is 3. The molecule has 0 unspecified atom stereocenters. The van der Waals surface area contributed by atoms with Crippen LogP contribution in [-0.4, -0.2) is 31.2 Å². The Balaban J connectivity index is 1.59. The van der Waals surface area contributed by atoms with Crippen molar-refractivity contribution in [1.29, 1.82) is 0 Å². The fourth-order valence-corrected chi connectivity index (χ4v) is 5.06. The third-order valence-electron chi connectivity index (χ3n) is 5.58. The quantitative estimate of drug-likeness (QED) is 0.204. The number of pyridine rings is 1. The van der Waals surface area contributed by atoms with Crippen LogP contribution in [0.4, 0.5) is 0 Å². The summed E-state index contributed by atoms with van der Waals surface area (Å²) >= 11 is 7.72. The van der Waals surface area contributed by atoms with Crippen LogP contribution in [0.1, 0.15) is 26.5 Å². The van der Waals surface area contributed by atoms with Crippen LogP contribution in [0.15, 0.2) is 73.0 Å². The molecule has 0 atom stereocenters. The predicted molar refractivity (Wildman–Crippen MR) is 148 cm³/mol. The minimum atomic E-state index is 0.302. The number of fused-ring (bicyclic) bond motifs is 2. The second-order valence-corrected chi connectivity index (χ2v) is 10.1. The van der Waals surface area contributed by atoms with Gasteiger partial charge in [0.2, 0.25) is 0 Å². The first-order valence-corrected chi connectivity index (χ1v) is 12.5. The van der Waals surface area contributed by atoms with Gasteiger partial charge in [-0.05, 0) is 68.8 Å². The molecule has 176 valence electrons. The molecule has 0 aliphatic carbocycles. The number of hydrogen-bond acceptors (Lipinski definition) is 5. The zero-order chi connectivity index (χ0) is 24.5. The van der Waals surface area contributed by atoms with Gasteiger partial charge in [0.05, 0.1) is 26.6 Å². The lowest BCUT2D eigenvalue weighted by Gasteiger charge is -2.12. The summed E-state index contributed by atoms with van der Waals surface area (Å²) in [6.07, 6.45) is 5.91. The number of H-pyrrole nitrogens is 2. The highest BCUT2D eigenvalue weighted by molar-refractivity contribution is 7.19. The van der Waals surface area contributed by atoms with Crippen molar-refractivity contribution < 1.29 is 0 Å². The van der Waals surface area contributed by atoms with E-state index in [4.69, 9.17) is 21.6 Å². The summed E-state index contributed by atoms with van der Waals surface area (Å²) in [5.41, 5.74) is 7.90. The fraction of sp³-hybridized carbons (Fsp3) is 0.148. The highest BCUT2D eigenvalue weighted by Gasteiger charge is 2.17. The van der Waals surface area contributed by atoms with Crippen molar-refractivity contribution in [1.82, 2.24) is 30.5 Å². The van der Waals surface area contributed by atoms with Gasteiger partial charge in [-0.3, -0.25) is 5.10 Å². The van der Waals surface area contributed by atoms with Crippen LogP contribution in [0.5, 0.6) is 0 Å². The number of rotatable bonds is 7. The third kappa shape index (κ3) is 4.52. The lowest BCUT2D eigenvalue weighted by molar-refractivity contribution is 0.682. The van der Waals surface area contributed by atoms with Crippen molar-refractivity contribution in [3.63, 3.8) is 0 Å². The van der Waals surface area contributed by atoms with E-state index in [1.807, 2.05) is 55.5 Å². The molecule has 0 fully saturated rings. The highest BCUT2D eigenvalue weighted by Crippen LogP contribution is 2.36. The van der Waals surface area contributed by atoms with Crippen LogP contribution in [0.2, 0.25) is 4.34 Å². The van der Waals surface area contributed by atoms with Crippen LogP contribution < -0.4 is 5.32 Å². The van der Waals surface area contributed by atoms with Gasteiger partial charge in [-0.25, -0.2) is 9.97 Å². The molecule has 5 rings (SSSR count). The molecular weight excluding hydrogens is 476 g/mol. The molecule has 0 spiro atoms. The van der Waals surface area contributed by atoms with Gasteiger partial charge in [0, 0.05) is 22.2 Å². The minimum absolute atomic E-state index is 0.302. The number of allylic oxidation sites excluding steroid dienone is 4. The molecule has 1 aromatic carbocycles. The topological polar surface area (TPSA) is 82.3 Å². The molecule has 4 heterocycles. The number of aromatic nitrogens is 5. The van der Waals surface area contributed by atoms with E-state index in [-0.39, 0.29) is 0 Å². The number of para-hydroxylation sites is 1. The molecule has 0 radical (unpaired) electrons. The average Bonchev–Trinajstić information content (AvgIpc) is 3.58. The minimum Gasteiger partial charge on any atom is -0.383 e. The van der Waals surface area contributed by atoms with E-state index in [1.54, 1.807) is 0 Å². The van der Waals surface area contributed by atoms with Gasteiger partial charge in [0.25, 0.3) is 0 Å². The number of aromatic amines is 2. The molecular formula is C27H25ClN6S. The van der Waals surface area contributed by atoms with E-state index >= 15 is 0 Å². The second kappa shape index (κ2) is 9.52. The van der Waals surface area contributed by atoms with E-state index in [0.29, 0.717) is 17.6 Å². The summed E-state index contributed by atoms with van der Waals surface area (Å²) in [4.78, 5) is 14.4.